The molecule has 6 N–H and O–H groups in total. The Morgan fingerprint density at radius 2 is 1.56 bits per heavy atom. The molecule has 0 amide bonds. The van der Waals surface area contributed by atoms with E-state index in [0.717, 1.165) is 43.9 Å². The molecule has 0 aromatic heterocycles. The van der Waals surface area contributed by atoms with Gasteiger partial charge in [0.2, 0.25) is 0 Å². The number of hydrogen-bond donors (Lipinski definition) is 5. The molecule has 1 aliphatic rings. The van der Waals surface area contributed by atoms with E-state index >= 15 is 0 Å². The molecule has 0 radical (unpaired) electrons. The average molecular weight is 340 g/mol. The van der Waals surface area contributed by atoms with Crippen molar-refractivity contribution in [1.29, 1.82) is 0 Å². The van der Waals surface area contributed by atoms with Gasteiger partial charge >= 0.3 is 0 Å². The molecule has 1 aliphatic carbocycles. The first-order valence-electron chi connectivity index (χ1n) is 9.03. The molecule has 5 heteroatoms. The molecule has 0 aliphatic heterocycles. The van der Waals surface area contributed by atoms with Crippen molar-refractivity contribution in [2.24, 2.45) is 5.73 Å². The van der Waals surface area contributed by atoms with Crippen LogP contribution in [0.25, 0.3) is 16.8 Å². The van der Waals surface area contributed by atoms with E-state index in [-0.39, 0.29) is 0 Å². The number of benzene rings is 2. The predicted octanol–water partition coefficient (Wildman–Crippen LogP) is 0.998. The lowest BCUT2D eigenvalue weighted by Gasteiger charge is -2.24. The topological polar surface area (TPSA) is 82.3 Å². The van der Waals surface area contributed by atoms with Crippen LogP contribution in [-0.4, -0.2) is 50.9 Å². The summed E-state index contributed by atoms with van der Waals surface area (Å²) in [5, 5.41) is 23.1. The molecule has 0 bridgehead atoms. The van der Waals surface area contributed by atoms with Crippen molar-refractivity contribution in [3.63, 3.8) is 0 Å². The third kappa shape index (κ3) is 4.45. The quantitative estimate of drug-likeness (QED) is 0.417. The molecular formula is C20H28N4O. The first-order chi connectivity index (χ1) is 12.3. The Bertz CT molecular complexity index is 723. The molecule has 1 atom stereocenters. The summed E-state index contributed by atoms with van der Waals surface area (Å²) in [5.74, 6) is 0. The van der Waals surface area contributed by atoms with Gasteiger partial charge in [-0.05, 0) is 27.5 Å². The van der Waals surface area contributed by atoms with E-state index in [0.29, 0.717) is 13.1 Å². The minimum absolute atomic E-state index is 0.528. The Morgan fingerprint density at radius 1 is 0.880 bits per heavy atom. The number of nitrogens with one attached hydrogen (secondary N) is 3. The van der Waals surface area contributed by atoms with Gasteiger partial charge in [-0.15, -0.1) is 0 Å². The Labute approximate surface area is 149 Å². The van der Waals surface area contributed by atoms with Crippen LogP contribution in [0.4, 0.5) is 0 Å². The summed E-state index contributed by atoms with van der Waals surface area (Å²) in [7, 11) is 0. The fraction of sp³-hybridized carbons (Fsp3) is 0.400. The van der Waals surface area contributed by atoms with Crippen LogP contribution in [0.2, 0.25) is 0 Å². The van der Waals surface area contributed by atoms with Gasteiger partial charge in [-0.2, -0.15) is 0 Å². The van der Waals surface area contributed by atoms with Gasteiger partial charge in [0, 0.05) is 45.8 Å². The highest BCUT2D eigenvalue weighted by molar-refractivity contribution is 5.96. The largest absolute Gasteiger partial charge is 0.384 e. The molecule has 2 aromatic rings. The highest BCUT2D eigenvalue weighted by atomic mass is 16.3. The van der Waals surface area contributed by atoms with Crippen molar-refractivity contribution in [2.75, 3.05) is 45.8 Å². The Hall–Kier alpha value is -1.76. The average Bonchev–Trinajstić information content (AvgIpc) is 2.64. The van der Waals surface area contributed by atoms with Gasteiger partial charge in [0.25, 0.3) is 0 Å². The van der Waals surface area contributed by atoms with E-state index in [1.165, 1.54) is 16.3 Å². The number of aliphatic hydroxyl groups is 1. The van der Waals surface area contributed by atoms with Gasteiger partial charge in [-0.1, -0.05) is 42.5 Å². The van der Waals surface area contributed by atoms with Crippen molar-refractivity contribution >= 4 is 16.8 Å². The van der Waals surface area contributed by atoms with Crippen LogP contribution < -0.4 is 21.7 Å². The lowest BCUT2D eigenvalue weighted by molar-refractivity contribution is 0.214. The molecule has 0 heterocycles. The van der Waals surface area contributed by atoms with E-state index < -0.39 is 6.10 Å². The zero-order valence-corrected chi connectivity index (χ0v) is 14.6. The molecule has 3 rings (SSSR count). The second-order valence-corrected chi connectivity index (χ2v) is 6.38. The number of rotatable bonds is 10. The van der Waals surface area contributed by atoms with Crippen molar-refractivity contribution in [1.82, 2.24) is 16.0 Å². The van der Waals surface area contributed by atoms with Crippen LogP contribution in [0.15, 0.2) is 42.0 Å². The van der Waals surface area contributed by atoms with Crippen LogP contribution in [0, 0.1) is 0 Å². The van der Waals surface area contributed by atoms with Crippen LogP contribution in [0.5, 0.6) is 0 Å². The fourth-order valence-corrected chi connectivity index (χ4v) is 3.31. The first-order valence-corrected chi connectivity index (χ1v) is 9.03. The molecule has 0 saturated carbocycles. The van der Waals surface area contributed by atoms with Crippen molar-refractivity contribution < 1.29 is 5.11 Å². The minimum atomic E-state index is -0.528. The lowest BCUT2D eigenvalue weighted by atomic mass is 9.87. The summed E-state index contributed by atoms with van der Waals surface area (Å²) in [6, 6.07) is 12.4. The summed E-state index contributed by atoms with van der Waals surface area (Å²) in [4.78, 5) is 0. The fourth-order valence-electron chi connectivity index (χ4n) is 3.31. The second-order valence-electron chi connectivity index (χ2n) is 6.38. The standard InChI is InChI=1S/C20H28N4O/c21-7-8-22-9-10-23-11-12-24-14-17-13-16-5-1-3-15-4-2-6-18(19(15)16)20(17)25/h1-6,13,20,22-25H,7-12,14,21H2. The zero-order chi connectivity index (χ0) is 17.5. The molecule has 1 unspecified atom stereocenters. The van der Waals surface area contributed by atoms with E-state index in [2.05, 4.69) is 46.3 Å². The molecule has 0 saturated heterocycles. The van der Waals surface area contributed by atoms with Gasteiger partial charge in [0.05, 0.1) is 0 Å². The smallest absolute Gasteiger partial charge is 0.102 e. The molecule has 0 spiro atoms. The van der Waals surface area contributed by atoms with E-state index in [9.17, 15) is 5.11 Å². The molecule has 5 nitrogen and oxygen atoms in total. The minimum Gasteiger partial charge on any atom is -0.384 e. The normalized spacial score (nSPS) is 16.2. The Balaban J connectivity index is 1.49. The molecule has 2 aromatic carbocycles. The second kappa shape index (κ2) is 9.08. The maximum absolute atomic E-state index is 10.7. The van der Waals surface area contributed by atoms with Crippen molar-refractivity contribution in [2.45, 2.75) is 6.10 Å². The third-order valence-electron chi connectivity index (χ3n) is 4.56. The molecular weight excluding hydrogens is 312 g/mol. The highest BCUT2D eigenvalue weighted by Gasteiger charge is 2.21. The van der Waals surface area contributed by atoms with Crippen molar-refractivity contribution in [3.8, 4) is 0 Å². The molecule has 134 valence electrons. The summed E-state index contributed by atoms with van der Waals surface area (Å²) in [6.45, 7) is 5.87. The van der Waals surface area contributed by atoms with E-state index in [1.54, 1.807) is 0 Å². The van der Waals surface area contributed by atoms with Crippen LogP contribution >= 0.6 is 0 Å². The third-order valence-corrected chi connectivity index (χ3v) is 4.56. The Morgan fingerprint density at radius 3 is 2.32 bits per heavy atom. The summed E-state index contributed by atoms with van der Waals surface area (Å²) in [6.07, 6.45) is 1.59. The van der Waals surface area contributed by atoms with Gasteiger partial charge in [-0.3, -0.25) is 0 Å². The van der Waals surface area contributed by atoms with E-state index in [1.807, 2.05) is 12.1 Å². The molecule has 25 heavy (non-hydrogen) atoms. The molecule has 0 fully saturated rings. The van der Waals surface area contributed by atoms with Gasteiger partial charge in [0.15, 0.2) is 0 Å². The van der Waals surface area contributed by atoms with Gasteiger partial charge < -0.3 is 26.8 Å². The lowest BCUT2D eigenvalue weighted by Crippen LogP contribution is -2.34. The SMILES string of the molecule is NCCNCCNCCNCC1=Cc2cccc3cccc(c23)C1O. The maximum atomic E-state index is 10.7. The van der Waals surface area contributed by atoms with Crippen LogP contribution in [-0.2, 0) is 0 Å². The van der Waals surface area contributed by atoms with Gasteiger partial charge in [-0.25, -0.2) is 0 Å². The van der Waals surface area contributed by atoms with Crippen molar-refractivity contribution in [3.05, 3.63) is 53.1 Å². The van der Waals surface area contributed by atoms with Crippen LogP contribution in [0.3, 0.4) is 0 Å². The predicted molar refractivity (Wildman–Crippen MR) is 105 cm³/mol. The summed E-state index contributed by atoms with van der Waals surface area (Å²) in [5.41, 5.74) is 8.65. The number of nitrogens with two attached hydrogens (primary N) is 1. The van der Waals surface area contributed by atoms with E-state index in [4.69, 9.17) is 5.73 Å². The number of aliphatic hydroxyl groups excluding tert-OH is 1. The highest BCUT2D eigenvalue weighted by Crippen LogP contribution is 2.36. The monoisotopic (exact) mass is 340 g/mol. The number of hydrogen-bond acceptors (Lipinski definition) is 5. The maximum Gasteiger partial charge on any atom is 0.102 e. The van der Waals surface area contributed by atoms with Crippen LogP contribution in [0.1, 0.15) is 17.2 Å². The first kappa shape index (κ1) is 18.0. The Kier molecular flexibility index (Phi) is 6.55. The van der Waals surface area contributed by atoms with Gasteiger partial charge in [0.1, 0.15) is 6.10 Å². The summed E-state index contributed by atoms with van der Waals surface area (Å²) < 4.78 is 0. The zero-order valence-electron chi connectivity index (χ0n) is 14.6. The summed E-state index contributed by atoms with van der Waals surface area (Å²) >= 11 is 0.